The van der Waals surface area contributed by atoms with Gasteiger partial charge in [-0.25, -0.2) is 0 Å². The molecule has 1 aliphatic heterocycles. The number of carbonyl (C=O) groups is 1. The fourth-order valence-corrected chi connectivity index (χ4v) is 2.20. The quantitative estimate of drug-likeness (QED) is 0.731. The molecule has 16 heavy (non-hydrogen) atoms. The zero-order valence-corrected chi connectivity index (χ0v) is 9.90. The molecule has 2 rings (SSSR count). The average Bonchev–Trinajstić information content (AvgIpc) is 2.59. The minimum absolute atomic E-state index is 0.220. The number of Topliss-reactive ketones (excluding diaryl/α,β-unsaturated/α-hetero) is 1. The Morgan fingerprint density at radius 2 is 2.25 bits per heavy atom. The van der Waals surface area contributed by atoms with Crippen molar-refractivity contribution in [1.82, 2.24) is 9.78 Å². The van der Waals surface area contributed by atoms with Gasteiger partial charge in [-0.1, -0.05) is 0 Å². The van der Waals surface area contributed by atoms with Gasteiger partial charge in [-0.2, -0.15) is 5.10 Å². The number of ether oxygens (including phenoxy) is 1. The fraction of sp³-hybridized carbons (Fsp3) is 0.667. The van der Waals surface area contributed by atoms with Crippen molar-refractivity contribution in [3.05, 3.63) is 17.5 Å². The highest BCUT2D eigenvalue weighted by Crippen LogP contribution is 2.21. The van der Waals surface area contributed by atoms with Gasteiger partial charge in [-0.05, 0) is 25.7 Å². The second-order valence-corrected chi connectivity index (χ2v) is 4.48. The first-order valence-electron chi connectivity index (χ1n) is 5.78. The predicted molar refractivity (Wildman–Crippen MR) is 60.4 cm³/mol. The zero-order valence-electron chi connectivity index (χ0n) is 9.90. The van der Waals surface area contributed by atoms with Gasteiger partial charge < -0.3 is 4.74 Å². The van der Waals surface area contributed by atoms with Crippen molar-refractivity contribution in [2.24, 2.45) is 13.0 Å². The molecule has 4 nitrogen and oxygen atoms in total. The van der Waals surface area contributed by atoms with Crippen LogP contribution in [0.5, 0.6) is 0 Å². The summed E-state index contributed by atoms with van der Waals surface area (Å²) in [7, 11) is 1.85. The number of aromatic nitrogens is 2. The van der Waals surface area contributed by atoms with Gasteiger partial charge in [0.15, 0.2) is 5.78 Å². The Morgan fingerprint density at radius 3 is 2.81 bits per heavy atom. The molecule has 0 radical (unpaired) electrons. The van der Waals surface area contributed by atoms with Crippen molar-refractivity contribution in [3.8, 4) is 0 Å². The molecule has 4 heteroatoms. The first-order chi connectivity index (χ1) is 7.66. The van der Waals surface area contributed by atoms with E-state index in [9.17, 15) is 4.79 Å². The Bertz CT molecular complexity index is 378. The van der Waals surface area contributed by atoms with Crippen LogP contribution in [0.25, 0.3) is 0 Å². The van der Waals surface area contributed by atoms with Gasteiger partial charge in [-0.3, -0.25) is 9.48 Å². The maximum atomic E-state index is 12.1. The van der Waals surface area contributed by atoms with Crippen molar-refractivity contribution in [2.45, 2.75) is 26.2 Å². The minimum atomic E-state index is 0.220. The van der Waals surface area contributed by atoms with Gasteiger partial charge in [0.2, 0.25) is 0 Å². The molecule has 0 aromatic carbocycles. The van der Waals surface area contributed by atoms with Crippen LogP contribution in [0.3, 0.4) is 0 Å². The first kappa shape index (κ1) is 11.3. The van der Waals surface area contributed by atoms with Crippen molar-refractivity contribution in [3.63, 3.8) is 0 Å². The summed E-state index contributed by atoms with van der Waals surface area (Å²) in [4.78, 5) is 12.1. The monoisotopic (exact) mass is 222 g/mol. The molecule has 0 unspecified atom stereocenters. The van der Waals surface area contributed by atoms with E-state index in [1.165, 1.54) is 0 Å². The van der Waals surface area contributed by atoms with Gasteiger partial charge in [0, 0.05) is 32.9 Å². The topological polar surface area (TPSA) is 44.1 Å². The molecular formula is C12H18N2O2. The minimum Gasteiger partial charge on any atom is -0.381 e. The molecule has 0 amide bonds. The summed E-state index contributed by atoms with van der Waals surface area (Å²) in [5.74, 6) is 0.707. The maximum absolute atomic E-state index is 12.1. The highest BCUT2D eigenvalue weighted by atomic mass is 16.5. The Balaban J connectivity index is 1.99. The van der Waals surface area contributed by atoms with E-state index >= 15 is 0 Å². The van der Waals surface area contributed by atoms with Gasteiger partial charge in [0.1, 0.15) is 0 Å². The first-order valence-corrected chi connectivity index (χ1v) is 5.78. The third kappa shape index (κ3) is 2.50. The lowest BCUT2D eigenvalue weighted by molar-refractivity contribution is 0.0601. The summed E-state index contributed by atoms with van der Waals surface area (Å²) < 4.78 is 6.99. The van der Waals surface area contributed by atoms with Crippen LogP contribution in [-0.4, -0.2) is 28.8 Å². The van der Waals surface area contributed by atoms with E-state index < -0.39 is 0 Å². The second-order valence-electron chi connectivity index (χ2n) is 4.48. The number of hydrogen-bond acceptors (Lipinski definition) is 3. The molecule has 0 aliphatic carbocycles. The number of hydrogen-bond donors (Lipinski definition) is 0. The highest BCUT2D eigenvalue weighted by Gasteiger charge is 2.20. The molecule has 0 bridgehead atoms. The Kier molecular flexibility index (Phi) is 3.39. The standard InChI is InChI=1S/C12H18N2O2/c1-9-11(8-14(2)13-9)12(15)7-10-3-5-16-6-4-10/h8,10H,3-7H2,1-2H3. The van der Waals surface area contributed by atoms with Crippen LogP contribution in [0, 0.1) is 12.8 Å². The normalized spacial score (nSPS) is 17.6. The van der Waals surface area contributed by atoms with E-state index in [4.69, 9.17) is 4.74 Å². The summed E-state index contributed by atoms with van der Waals surface area (Å²) in [6, 6.07) is 0. The Hall–Kier alpha value is -1.16. The van der Waals surface area contributed by atoms with Gasteiger partial charge >= 0.3 is 0 Å². The summed E-state index contributed by atoms with van der Waals surface area (Å²) in [6.45, 7) is 3.48. The van der Waals surface area contributed by atoms with E-state index in [0.717, 1.165) is 37.3 Å². The van der Waals surface area contributed by atoms with E-state index in [1.807, 2.05) is 20.2 Å². The van der Waals surface area contributed by atoms with Crippen LogP contribution in [0.2, 0.25) is 0 Å². The Morgan fingerprint density at radius 1 is 1.56 bits per heavy atom. The lowest BCUT2D eigenvalue weighted by atomic mass is 9.92. The summed E-state index contributed by atoms with van der Waals surface area (Å²) in [6.07, 6.45) is 4.46. The van der Waals surface area contributed by atoms with E-state index in [1.54, 1.807) is 4.68 Å². The van der Waals surface area contributed by atoms with Gasteiger partial charge in [-0.15, -0.1) is 0 Å². The van der Waals surface area contributed by atoms with E-state index in [2.05, 4.69) is 5.10 Å². The molecule has 88 valence electrons. The zero-order chi connectivity index (χ0) is 11.5. The number of nitrogens with zero attached hydrogens (tertiary/aromatic N) is 2. The van der Waals surface area contributed by atoms with Crippen molar-refractivity contribution >= 4 is 5.78 Å². The van der Waals surface area contributed by atoms with Crippen LogP contribution < -0.4 is 0 Å². The molecule has 1 aromatic heterocycles. The average molecular weight is 222 g/mol. The van der Waals surface area contributed by atoms with Crippen molar-refractivity contribution in [1.29, 1.82) is 0 Å². The lowest BCUT2D eigenvalue weighted by Crippen LogP contribution is -2.18. The molecule has 0 N–H and O–H groups in total. The number of ketones is 1. The van der Waals surface area contributed by atoms with Crippen LogP contribution in [0.4, 0.5) is 0 Å². The summed E-state index contributed by atoms with van der Waals surface area (Å²) in [5.41, 5.74) is 1.61. The lowest BCUT2D eigenvalue weighted by Gasteiger charge is -2.20. The highest BCUT2D eigenvalue weighted by molar-refractivity contribution is 5.96. The predicted octanol–water partition coefficient (Wildman–Crippen LogP) is 1.73. The van der Waals surface area contributed by atoms with Crippen LogP contribution in [0.1, 0.15) is 35.3 Å². The van der Waals surface area contributed by atoms with Crippen molar-refractivity contribution in [2.75, 3.05) is 13.2 Å². The third-order valence-electron chi connectivity index (χ3n) is 3.13. The van der Waals surface area contributed by atoms with Gasteiger partial charge in [0.25, 0.3) is 0 Å². The molecule has 1 fully saturated rings. The SMILES string of the molecule is Cc1nn(C)cc1C(=O)CC1CCOCC1. The smallest absolute Gasteiger partial charge is 0.166 e. The van der Waals surface area contributed by atoms with Crippen LogP contribution >= 0.6 is 0 Å². The maximum Gasteiger partial charge on any atom is 0.166 e. The van der Waals surface area contributed by atoms with E-state index in [0.29, 0.717) is 12.3 Å². The number of rotatable bonds is 3. The number of aryl methyl sites for hydroxylation is 2. The summed E-state index contributed by atoms with van der Waals surface area (Å²) >= 11 is 0. The Labute approximate surface area is 95.6 Å². The second kappa shape index (κ2) is 4.78. The van der Waals surface area contributed by atoms with Crippen molar-refractivity contribution < 1.29 is 9.53 Å². The van der Waals surface area contributed by atoms with Gasteiger partial charge in [0.05, 0.1) is 11.3 Å². The molecule has 1 saturated heterocycles. The molecule has 2 heterocycles. The molecular weight excluding hydrogens is 204 g/mol. The molecule has 1 aromatic rings. The number of carbonyl (C=O) groups excluding carboxylic acids is 1. The largest absolute Gasteiger partial charge is 0.381 e. The summed E-state index contributed by atoms with van der Waals surface area (Å²) in [5, 5.41) is 4.20. The van der Waals surface area contributed by atoms with Crippen LogP contribution in [-0.2, 0) is 11.8 Å². The molecule has 1 aliphatic rings. The molecule has 0 saturated carbocycles. The van der Waals surface area contributed by atoms with Crippen LogP contribution in [0.15, 0.2) is 6.20 Å². The van der Waals surface area contributed by atoms with E-state index in [-0.39, 0.29) is 5.78 Å². The molecule has 0 atom stereocenters. The molecule has 0 spiro atoms. The fourth-order valence-electron chi connectivity index (χ4n) is 2.20. The third-order valence-corrected chi connectivity index (χ3v) is 3.13.